The Kier molecular flexibility index (Phi) is 6.81. The highest BCUT2D eigenvalue weighted by Crippen LogP contribution is 2.35. The molecule has 0 bridgehead atoms. The lowest BCUT2D eigenvalue weighted by atomic mass is 10.1. The van der Waals surface area contributed by atoms with Gasteiger partial charge in [0.1, 0.15) is 23.1 Å². The van der Waals surface area contributed by atoms with Gasteiger partial charge in [0.15, 0.2) is 0 Å². The molecular formula is C20H13ClF4N2O5S. The predicted octanol–water partition coefficient (Wildman–Crippen LogP) is 5.07. The van der Waals surface area contributed by atoms with E-state index in [-0.39, 0.29) is 26.9 Å². The molecular weight excluding hydrogens is 492 g/mol. The normalized spacial score (nSPS) is 11.7. The van der Waals surface area contributed by atoms with Crippen molar-refractivity contribution in [2.45, 2.75) is 11.3 Å². The third kappa shape index (κ3) is 6.57. The van der Waals surface area contributed by atoms with Gasteiger partial charge >= 0.3 is 6.36 Å². The fourth-order valence-electron chi connectivity index (χ4n) is 2.60. The van der Waals surface area contributed by atoms with E-state index in [1.54, 1.807) is 0 Å². The summed E-state index contributed by atoms with van der Waals surface area (Å²) in [6.07, 6.45) is -5.01. The van der Waals surface area contributed by atoms with Crippen molar-refractivity contribution in [1.29, 1.82) is 0 Å². The number of carbonyl (C=O) groups is 1. The first-order valence-corrected chi connectivity index (χ1v) is 10.7. The number of primary sulfonamides is 1. The lowest BCUT2D eigenvalue weighted by molar-refractivity contribution is -0.274. The maximum Gasteiger partial charge on any atom is 0.573 e. The van der Waals surface area contributed by atoms with Crippen LogP contribution in [-0.2, 0) is 10.0 Å². The number of nitrogens with two attached hydrogens (primary N) is 1. The van der Waals surface area contributed by atoms with Gasteiger partial charge in [-0.15, -0.1) is 13.2 Å². The highest BCUT2D eigenvalue weighted by atomic mass is 35.5. The van der Waals surface area contributed by atoms with Crippen LogP contribution in [0, 0.1) is 5.82 Å². The Morgan fingerprint density at radius 1 is 1.00 bits per heavy atom. The molecule has 7 nitrogen and oxygen atoms in total. The number of benzene rings is 3. The van der Waals surface area contributed by atoms with Crippen LogP contribution in [0.4, 0.5) is 23.2 Å². The molecule has 0 unspecified atom stereocenters. The number of sulfonamides is 1. The van der Waals surface area contributed by atoms with E-state index in [1.165, 1.54) is 18.2 Å². The van der Waals surface area contributed by atoms with Gasteiger partial charge in [-0.25, -0.2) is 17.9 Å². The number of carbonyl (C=O) groups excluding carboxylic acids is 1. The van der Waals surface area contributed by atoms with Crippen molar-refractivity contribution in [3.05, 3.63) is 77.1 Å². The van der Waals surface area contributed by atoms with E-state index in [2.05, 4.69) is 10.1 Å². The van der Waals surface area contributed by atoms with Crippen molar-refractivity contribution in [1.82, 2.24) is 0 Å². The molecule has 3 rings (SSSR count). The highest BCUT2D eigenvalue weighted by molar-refractivity contribution is 7.89. The van der Waals surface area contributed by atoms with Crippen LogP contribution >= 0.6 is 11.6 Å². The quantitative estimate of drug-likeness (QED) is 0.456. The van der Waals surface area contributed by atoms with Crippen molar-refractivity contribution in [3.8, 4) is 17.2 Å². The van der Waals surface area contributed by atoms with Crippen LogP contribution < -0.4 is 19.9 Å². The summed E-state index contributed by atoms with van der Waals surface area (Å²) in [4.78, 5) is 12.5. The molecule has 0 aliphatic heterocycles. The molecule has 0 aliphatic carbocycles. The third-order valence-corrected chi connectivity index (χ3v) is 5.17. The van der Waals surface area contributed by atoms with E-state index in [0.717, 1.165) is 42.5 Å². The number of hydrogen-bond acceptors (Lipinski definition) is 5. The Hall–Kier alpha value is -3.35. The number of alkyl halides is 3. The Balaban J connectivity index is 1.98. The Morgan fingerprint density at radius 3 is 2.36 bits per heavy atom. The zero-order valence-electron chi connectivity index (χ0n) is 16.2. The first kappa shape index (κ1) is 24.3. The molecule has 0 spiro atoms. The van der Waals surface area contributed by atoms with Crippen LogP contribution in [0.1, 0.15) is 10.4 Å². The maximum absolute atomic E-state index is 13.3. The Labute approximate surface area is 189 Å². The van der Waals surface area contributed by atoms with E-state index in [4.69, 9.17) is 21.5 Å². The monoisotopic (exact) mass is 504 g/mol. The molecule has 0 aliphatic rings. The van der Waals surface area contributed by atoms with Gasteiger partial charge in [0, 0.05) is 11.8 Å². The minimum absolute atomic E-state index is 0.0351. The van der Waals surface area contributed by atoms with Gasteiger partial charge in [-0.3, -0.25) is 4.79 Å². The van der Waals surface area contributed by atoms with Gasteiger partial charge in [-0.1, -0.05) is 17.7 Å². The van der Waals surface area contributed by atoms with Gasteiger partial charge in [-0.2, -0.15) is 0 Å². The molecule has 0 atom stereocenters. The average Bonchev–Trinajstić information content (AvgIpc) is 2.68. The zero-order valence-corrected chi connectivity index (χ0v) is 17.8. The number of amides is 1. The molecule has 13 heteroatoms. The molecule has 3 aromatic carbocycles. The van der Waals surface area contributed by atoms with Crippen LogP contribution in [0.5, 0.6) is 17.2 Å². The maximum atomic E-state index is 13.3. The summed E-state index contributed by atoms with van der Waals surface area (Å²) < 4.78 is 83.5. The Morgan fingerprint density at radius 2 is 1.73 bits per heavy atom. The minimum Gasteiger partial charge on any atom is -0.455 e. The summed E-state index contributed by atoms with van der Waals surface area (Å²) in [6, 6.07) is 10.7. The molecule has 0 saturated heterocycles. The van der Waals surface area contributed by atoms with Crippen LogP contribution in [-0.4, -0.2) is 20.7 Å². The smallest absolute Gasteiger partial charge is 0.455 e. The van der Waals surface area contributed by atoms with Gasteiger partial charge in [-0.05, 0) is 48.5 Å². The average molecular weight is 505 g/mol. The van der Waals surface area contributed by atoms with Crippen molar-refractivity contribution in [2.24, 2.45) is 5.14 Å². The molecule has 0 saturated carbocycles. The van der Waals surface area contributed by atoms with Crippen molar-refractivity contribution < 1.29 is 40.2 Å². The largest absolute Gasteiger partial charge is 0.573 e. The first-order valence-electron chi connectivity index (χ1n) is 8.79. The summed E-state index contributed by atoms with van der Waals surface area (Å²) in [5, 5.41) is 7.25. The number of anilines is 1. The fraction of sp³-hybridized carbons (Fsp3) is 0.0500. The molecule has 0 radical (unpaired) electrons. The lowest BCUT2D eigenvalue weighted by Crippen LogP contribution is -2.18. The first-order chi connectivity index (χ1) is 15.3. The molecule has 3 aromatic rings. The lowest BCUT2D eigenvalue weighted by Gasteiger charge is -2.15. The standard InChI is InChI=1S/C20H13ClF4N2O5S/c21-16-8-11(22)4-7-17(16)31-18-10-13(32-20(23,24)25)5-6-15(18)19(28)27-12-2-1-3-14(9-12)33(26,29)30/h1-10H,(H,27,28)(H2,26,29,30). The molecule has 1 amide bonds. The molecule has 3 N–H and O–H groups in total. The highest BCUT2D eigenvalue weighted by Gasteiger charge is 2.31. The van der Waals surface area contributed by atoms with E-state index in [1.807, 2.05) is 0 Å². The van der Waals surface area contributed by atoms with E-state index >= 15 is 0 Å². The third-order valence-electron chi connectivity index (χ3n) is 3.97. The topological polar surface area (TPSA) is 108 Å². The van der Waals surface area contributed by atoms with Crippen LogP contribution in [0.2, 0.25) is 5.02 Å². The second kappa shape index (κ2) is 9.25. The van der Waals surface area contributed by atoms with Crippen molar-refractivity contribution >= 4 is 33.2 Å². The van der Waals surface area contributed by atoms with Gasteiger partial charge in [0.2, 0.25) is 10.0 Å². The summed E-state index contributed by atoms with van der Waals surface area (Å²) in [5.41, 5.74) is -0.223. The Bertz CT molecular complexity index is 1320. The predicted molar refractivity (Wildman–Crippen MR) is 110 cm³/mol. The fourth-order valence-corrected chi connectivity index (χ4v) is 3.36. The number of hydrogen-bond donors (Lipinski definition) is 2. The SMILES string of the molecule is NS(=O)(=O)c1cccc(NC(=O)c2ccc(OC(F)(F)F)cc2Oc2ccc(F)cc2Cl)c1. The zero-order chi connectivity index (χ0) is 24.4. The number of ether oxygens (including phenoxy) is 2. The molecule has 0 aromatic heterocycles. The van der Waals surface area contributed by atoms with Crippen LogP contribution in [0.3, 0.4) is 0 Å². The molecule has 33 heavy (non-hydrogen) atoms. The number of nitrogens with one attached hydrogen (secondary N) is 1. The summed E-state index contributed by atoms with van der Waals surface area (Å²) >= 11 is 5.90. The summed E-state index contributed by atoms with van der Waals surface area (Å²) in [5.74, 6) is -2.79. The van der Waals surface area contributed by atoms with Gasteiger partial charge < -0.3 is 14.8 Å². The van der Waals surface area contributed by atoms with E-state index in [0.29, 0.717) is 0 Å². The molecule has 174 valence electrons. The van der Waals surface area contributed by atoms with Crippen molar-refractivity contribution in [3.63, 3.8) is 0 Å². The second-order valence-corrected chi connectivity index (χ2v) is 8.38. The van der Waals surface area contributed by atoms with Gasteiger partial charge in [0.25, 0.3) is 5.91 Å². The second-order valence-electron chi connectivity index (χ2n) is 6.41. The molecule has 0 fully saturated rings. The van der Waals surface area contributed by atoms with Gasteiger partial charge in [0.05, 0.1) is 15.5 Å². The van der Waals surface area contributed by atoms with Crippen LogP contribution in [0.15, 0.2) is 65.6 Å². The minimum atomic E-state index is -5.01. The molecule has 0 heterocycles. The van der Waals surface area contributed by atoms with Crippen molar-refractivity contribution in [2.75, 3.05) is 5.32 Å². The summed E-state index contributed by atoms with van der Waals surface area (Å²) in [6.45, 7) is 0. The number of rotatable bonds is 6. The number of halogens is 5. The van der Waals surface area contributed by atoms with E-state index < -0.39 is 39.6 Å². The van der Waals surface area contributed by atoms with Crippen LogP contribution in [0.25, 0.3) is 0 Å². The summed E-state index contributed by atoms with van der Waals surface area (Å²) in [7, 11) is -4.05. The van der Waals surface area contributed by atoms with E-state index in [9.17, 15) is 30.8 Å².